The molecule has 0 aliphatic carbocycles. The first-order valence-electron chi connectivity index (χ1n) is 10.9. The number of aromatic nitrogens is 4. The number of nitrogens with zero attached hydrogens (tertiary/aromatic N) is 4. The molecule has 0 aliphatic rings. The molecule has 0 bridgehead atoms. The van der Waals surface area contributed by atoms with Gasteiger partial charge in [0.05, 0.1) is 34.0 Å². The molecule has 0 spiro atoms. The predicted octanol–water partition coefficient (Wildman–Crippen LogP) is 1.36. The third-order valence-electron chi connectivity index (χ3n) is 4.78. The summed E-state index contributed by atoms with van der Waals surface area (Å²) in [4.78, 5) is 18.2. The monoisotopic (exact) mass is 514 g/mol. The topological polar surface area (TPSA) is 116 Å². The zero-order valence-corrected chi connectivity index (χ0v) is 21.1. The van der Waals surface area contributed by atoms with E-state index in [4.69, 9.17) is 9.47 Å². The summed E-state index contributed by atoms with van der Waals surface area (Å²) in [6, 6.07) is 14.3. The Balaban J connectivity index is 0.00000432. The number of ether oxygens (including phenoxy) is 2. The Morgan fingerprint density at radius 3 is 1.34 bits per heavy atom. The molecular weight excluding hydrogens is 488 g/mol. The third-order valence-corrected chi connectivity index (χ3v) is 4.78. The largest absolute Gasteiger partial charge is 2.00 e. The van der Waals surface area contributed by atoms with Crippen molar-refractivity contribution in [3.63, 3.8) is 0 Å². The number of para-hydroxylation sites is 4. The summed E-state index contributed by atoms with van der Waals surface area (Å²) in [5.74, 6) is -1.06. The third kappa shape index (κ3) is 7.15. The molecule has 9 heteroatoms. The van der Waals surface area contributed by atoms with Crippen molar-refractivity contribution in [2.45, 2.75) is 27.7 Å². The molecular formula is C26H26FeN4O4. The van der Waals surface area contributed by atoms with Gasteiger partial charge < -0.3 is 19.7 Å². The van der Waals surface area contributed by atoms with Gasteiger partial charge in [-0.25, -0.2) is 0 Å². The van der Waals surface area contributed by atoms with Crippen LogP contribution in [-0.4, -0.2) is 33.1 Å². The van der Waals surface area contributed by atoms with E-state index in [1.807, 2.05) is 12.1 Å². The maximum absolute atomic E-state index is 12.7. The quantitative estimate of drug-likeness (QED) is 0.480. The average Bonchev–Trinajstić information content (AvgIpc) is 2.81. The van der Waals surface area contributed by atoms with Gasteiger partial charge >= 0.3 is 17.1 Å². The molecule has 0 N–H and O–H groups in total. The normalized spacial score (nSPS) is 12.0. The minimum atomic E-state index is -0.532. The molecule has 0 aliphatic heterocycles. The van der Waals surface area contributed by atoms with Gasteiger partial charge in [0, 0.05) is 34.2 Å². The van der Waals surface area contributed by atoms with Gasteiger partial charge in [0.1, 0.15) is 0 Å². The van der Waals surface area contributed by atoms with E-state index in [-0.39, 0.29) is 40.7 Å². The standard InChI is InChI=1S/C26H28N4O4.Fe/c1-5-33-25(31)19-15-27-21-11-7-8-12-22(21)28-16-20(26(32)34-6-2)18(4)30-24-14-10-9-13-23(24)29-17(19)3;/h7-16,31-32H,5-6H2,1-4H3;/q;+2/p-2/b25-19+,26-20+,27-15?,28-16?,29-17?,30-18?;. The molecule has 0 radical (unpaired) electrons. The van der Waals surface area contributed by atoms with Crippen LogP contribution in [-0.2, 0) is 26.5 Å². The summed E-state index contributed by atoms with van der Waals surface area (Å²) in [5, 5.41) is 25.8. The second-order valence-electron chi connectivity index (χ2n) is 7.16. The molecule has 1 heterocycles. The second kappa shape index (κ2) is 13.3. The van der Waals surface area contributed by atoms with Gasteiger partial charge in [-0.3, -0.25) is 19.9 Å². The molecule has 0 fully saturated rings. The van der Waals surface area contributed by atoms with Gasteiger partial charge in [-0.2, -0.15) is 0 Å². The van der Waals surface area contributed by atoms with Gasteiger partial charge in [-0.05, 0) is 51.3 Å². The summed E-state index contributed by atoms with van der Waals surface area (Å²) in [6.07, 6.45) is 2.84. The Bertz CT molecular complexity index is 1340. The fourth-order valence-electron chi connectivity index (χ4n) is 3.09. The van der Waals surface area contributed by atoms with Crippen molar-refractivity contribution in [1.82, 2.24) is 19.9 Å². The van der Waals surface area contributed by atoms with Gasteiger partial charge in [-0.1, -0.05) is 38.1 Å². The Kier molecular flexibility index (Phi) is 10.4. The van der Waals surface area contributed by atoms with Crippen LogP contribution in [0.2, 0.25) is 0 Å². The number of benzene rings is 2. The molecule has 8 nitrogen and oxygen atoms in total. The van der Waals surface area contributed by atoms with Crippen LogP contribution >= 0.6 is 0 Å². The molecule has 0 saturated heterocycles. The van der Waals surface area contributed by atoms with Gasteiger partial charge in [0.25, 0.3) is 0 Å². The molecule has 2 aromatic carbocycles. The molecule has 0 amide bonds. The molecule has 182 valence electrons. The number of hydrogen-bond acceptors (Lipinski definition) is 8. The van der Waals surface area contributed by atoms with Crippen molar-refractivity contribution >= 4 is 34.0 Å². The minimum absolute atomic E-state index is 0. The number of aryl methyl sites for hydroxylation is 2. The first kappa shape index (κ1) is 27.6. The SMILES string of the molecule is CCO/C([O-])=c1\cnc2ccccc2nc/c(=C(/[O-])OCC)c(C)nc2ccccc2nc1C.[Fe+2]. The Morgan fingerprint density at radius 2 is 1.00 bits per heavy atom. The molecule has 0 unspecified atom stereocenters. The van der Waals surface area contributed by atoms with Crippen LogP contribution in [0.1, 0.15) is 25.2 Å². The fraction of sp³-hybridized carbons (Fsp3) is 0.231. The van der Waals surface area contributed by atoms with E-state index in [2.05, 4.69) is 19.9 Å². The number of rotatable bonds is 4. The Hall–Kier alpha value is -3.68. The first-order chi connectivity index (χ1) is 16.4. The summed E-state index contributed by atoms with van der Waals surface area (Å²) < 4.78 is 10.4. The van der Waals surface area contributed by atoms with Crippen LogP contribution in [0.3, 0.4) is 0 Å². The van der Waals surface area contributed by atoms with Crippen molar-refractivity contribution < 1.29 is 36.8 Å². The molecule has 3 aromatic rings. The molecule has 0 saturated carbocycles. The summed E-state index contributed by atoms with van der Waals surface area (Å²) in [7, 11) is 0. The van der Waals surface area contributed by atoms with Crippen molar-refractivity contribution in [2.24, 2.45) is 0 Å². The van der Waals surface area contributed by atoms with Crippen molar-refractivity contribution in [3.8, 4) is 0 Å². The Morgan fingerprint density at radius 1 is 0.657 bits per heavy atom. The zero-order chi connectivity index (χ0) is 24.5. The van der Waals surface area contributed by atoms with Crippen LogP contribution < -0.4 is 20.7 Å². The van der Waals surface area contributed by atoms with E-state index in [1.165, 1.54) is 12.4 Å². The van der Waals surface area contributed by atoms with E-state index in [1.54, 1.807) is 64.1 Å². The van der Waals surface area contributed by atoms with Crippen LogP contribution in [0.25, 0.3) is 34.0 Å². The van der Waals surface area contributed by atoms with E-state index < -0.39 is 11.9 Å². The zero-order valence-electron chi connectivity index (χ0n) is 20.0. The maximum atomic E-state index is 12.7. The van der Waals surface area contributed by atoms with E-state index in [9.17, 15) is 10.2 Å². The minimum Gasteiger partial charge on any atom is -0.613 e. The summed E-state index contributed by atoms with van der Waals surface area (Å²) >= 11 is 0. The van der Waals surface area contributed by atoms with Gasteiger partial charge in [0.15, 0.2) is 0 Å². The van der Waals surface area contributed by atoms with Gasteiger partial charge in [0.2, 0.25) is 0 Å². The number of fused-ring (bicyclic) bond motifs is 2. The van der Waals surface area contributed by atoms with Crippen molar-refractivity contribution in [2.75, 3.05) is 13.2 Å². The van der Waals surface area contributed by atoms with E-state index in [0.29, 0.717) is 33.5 Å². The van der Waals surface area contributed by atoms with Crippen LogP contribution in [0.4, 0.5) is 0 Å². The first-order valence-corrected chi connectivity index (χ1v) is 10.9. The molecule has 35 heavy (non-hydrogen) atoms. The summed E-state index contributed by atoms with van der Waals surface area (Å²) in [5.41, 5.74) is 2.87. The number of hydrogen-bond donors (Lipinski definition) is 0. The predicted molar refractivity (Wildman–Crippen MR) is 127 cm³/mol. The van der Waals surface area contributed by atoms with Crippen molar-refractivity contribution in [1.29, 1.82) is 0 Å². The molecule has 3 rings (SSSR count). The van der Waals surface area contributed by atoms with Crippen LogP contribution in [0.5, 0.6) is 0 Å². The van der Waals surface area contributed by atoms with E-state index in [0.717, 1.165) is 0 Å². The Labute approximate surface area is 214 Å². The van der Waals surface area contributed by atoms with Crippen LogP contribution in [0, 0.1) is 13.8 Å². The average molecular weight is 514 g/mol. The smallest absolute Gasteiger partial charge is 0.613 e. The van der Waals surface area contributed by atoms with Crippen molar-refractivity contribution in [3.05, 3.63) is 82.7 Å². The van der Waals surface area contributed by atoms with E-state index >= 15 is 0 Å². The molecule has 1 aromatic heterocycles. The van der Waals surface area contributed by atoms with Crippen LogP contribution in [0.15, 0.2) is 60.9 Å². The maximum Gasteiger partial charge on any atom is 2.00 e. The summed E-state index contributed by atoms with van der Waals surface area (Å²) in [6.45, 7) is 7.32. The second-order valence-corrected chi connectivity index (χ2v) is 7.16. The fourth-order valence-corrected chi connectivity index (χ4v) is 3.09. The molecule has 0 atom stereocenters. The van der Waals surface area contributed by atoms with Gasteiger partial charge in [-0.15, -0.1) is 0 Å².